The Morgan fingerprint density at radius 2 is 2.16 bits per heavy atom. The Bertz CT molecular complexity index is 450. The standard InChI is InChI=1S/C11H17N3O3S2/c1-4-6(2)9(10(16)17)12-8(15)5-18-11-14-13-7(3)19-11/h6,9H,4-5H2,1-3H3,(H,12,15)(H,16,17). The first-order valence-corrected chi connectivity index (χ1v) is 7.69. The van der Waals surface area contributed by atoms with Crippen molar-refractivity contribution in [1.82, 2.24) is 15.5 Å². The number of carbonyl (C=O) groups is 2. The summed E-state index contributed by atoms with van der Waals surface area (Å²) in [5, 5.41) is 20.2. The third kappa shape index (κ3) is 5.15. The minimum absolute atomic E-state index is 0.102. The van der Waals surface area contributed by atoms with Crippen LogP contribution in [0.1, 0.15) is 25.3 Å². The van der Waals surface area contributed by atoms with Gasteiger partial charge in [0.25, 0.3) is 0 Å². The zero-order valence-electron chi connectivity index (χ0n) is 11.0. The summed E-state index contributed by atoms with van der Waals surface area (Å²) in [4.78, 5) is 22.8. The van der Waals surface area contributed by atoms with Crippen molar-refractivity contribution in [1.29, 1.82) is 0 Å². The molecule has 0 aliphatic carbocycles. The predicted molar refractivity (Wildman–Crippen MR) is 74.4 cm³/mol. The largest absolute Gasteiger partial charge is 0.480 e. The Labute approximate surface area is 120 Å². The fraction of sp³-hybridized carbons (Fsp3) is 0.636. The van der Waals surface area contributed by atoms with Crippen molar-refractivity contribution in [2.75, 3.05) is 5.75 Å². The van der Waals surface area contributed by atoms with Crippen molar-refractivity contribution in [3.05, 3.63) is 5.01 Å². The third-order valence-corrected chi connectivity index (χ3v) is 4.60. The Morgan fingerprint density at radius 1 is 1.47 bits per heavy atom. The smallest absolute Gasteiger partial charge is 0.326 e. The molecule has 19 heavy (non-hydrogen) atoms. The minimum atomic E-state index is -1.00. The van der Waals surface area contributed by atoms with Gasteiger partial charge < -0.3 is 10.4 Å². The third-order valence-electron chi connectivity index (χ3n) is 2.63. The zero-order valence-corrected chi connectivity index (χ0v) is 12.7. The molecule has 0 aliphatic rings. The summed E-state index contributed by atoms with van der Waals surface area (Å²) >= 11 is 2.67. The zero-order chi connectivity index (χ0) is 14.4. The molecule has 2 N–H and O–H groups in total. The van der Waals surface area contributed by atoms with Crippen molar-refractivity contribution >= 4 is 35.0 Å². The molecule has 2 unspecified atom stereocenters. The first-order chi connectivity index (χ1) is 8.93. The molecule has 0 bridgehead atoms. The fourth-order valence-electron chi connectivity index (χ4n) is 1.36. The van der Waals surface area contributed by atoms with Gasteiger partial charge in [0, 0.05) is 0 Å². The number of nitrogens with zero attached hydrogens (tertiary/aromatic N) is 2. The van der Waals surface area contributed by atoms with Crippen LogP contribution in [0.15, 0.2) is 4.34 Å². The summed E-state index contributed by atoms with van der Waals surface area (Å²) < 4.78 is 0.711. The lowest BCUT2D eigenvalue weighted by Gasteiger charge is -2.19. The molecule has 1 amide bonds. The molecule has 1 aromatic rings. The molecule has 1 rings (SSSR count). The van der Waals surface area contributed by atoms with E-state index in [1.807, 2.05) is 13.8 Å². The highest BCUT2D eigenvalue weighted by Gasteiger charge is 2.25. The highest BCUT2D eigenvalue weighted by atomic mass is 32.2. The molecule has 8 heteroatoms. The van der Waals surface area contributed by atoms with Crippen molar-refractivity contribution < 1.29 is 14.7 Å². The van der Waals surface area contributed by atoms with Crippen molar-refractivity contribution in [3.63, 3.8) is 0 Å². The van der Waals surface area contributed by atoms with Gasteiger partial charge in [-0.1, -0.05) is 43.4 Å². The normalized spacial score (nSPS) is 13.8. The van der Waals surface area contributed by atoms with E-state index in [2.05, 4.69) is 15.5 Å². The van der Waals surface area contributed by atoms with Crippen LogP contribution in [0.5, 0.6) is 0 Å². The van der Waals surface area contributed by atoms with E-state index in [0.29, 0.717) is 10.8 Å². The second-order valence-corrected chi connectivity index (χ2v) is 6.55. The van der Waals surface area contributed by atoms with Gasteiger partial charge in [0.2, 0.25) is 5.91 Å². The molecule has 6 nitrogen and oxygen atoms in total. The van der Waals surface area contributed by atoms with Crippen LogP contribution in [0.4, 0.5) is 0 Å². The van der Waals surface area contributed by atoms with Crippen molar-refractivity contribution in [2.45, 2.75) is 37.6 Å². The van der Waals surface area contributed by atoms with Gasteiger partial charge in [-0.15, -0.1) is 10.2 Å². The summed E-state index contributed by atoms with van der Waals surface area (Å²) in [5.74, 6) is -1.25. The van der Waals surface area contributed by atoms with Crippen LogP contribution in [-0.2, 0) is 9.59 Å². The van der Waals surface area contributed by atoms with Gasteiger partial charge in [-0.2, -0.15) is 0 Å². The quantitative estimate of drug-likeness (QED) is 0.743. The van der Waals surface area contributed by atoms with Crippen LogP contribution < -0.4 is 5.32 Å². The monoisotopic (exact) mass is 303 g/mol. The number of thioether (sulfide) groups is 1. The van der Waals surface area contributed by atoms with E-state index in [1.165, 1.54) is 23.1 Å². The topological polar surface area (TPSA) is 92.2 Å². The molecule has 0 aliphatic heterocycles. The predicted octanol–water partition coefficient (Wildman–Crippen LogP) is 1.55. The summed E-state index contributed by atoms with van der Waals surface area (Å²) in [6.45, 7) is 5.54. The van der Waals surface area contributed by atoms with E-state index in [4.69, 9.17) is 5.11 Å². The summed E-state index contributed by atoms with van der Waals surface area (Å²) in [7, 11) is 0. The molecule has 0 spiro atoms. The SMILES string of the molecule is CCC(C)C(NC(=O)CSc1nnc(C)s1)C(=O)O. The molecule has 0 saturated heterocycles. The van der Waals surface area contributed by atoms with Crippen LogP contribution in [0.3, 0.4) is 0 Å². The Hall–Kier alpha value is -1.15. The highest BCUT2D eigenvalue weighted by Crippen LogP contribution is 2.21. The molecular weight excluding hydrogens is 286 g/mol. The number of amides is 1. The maximum absolute atomic E-state index is 11.7. The number of hydrogen-bond acceptors (Lipinski definition) is 6. The highest BCUT2D eigenvalue weighted by molar-refractivity contribution is 8.01. The van der Waals surface area contributed by atoms with Crippen LogP contribution >= 0.6 is 23.1 Å². The number of rotatable bonds is 7. The van der Waals surface area contributed by atoms with Gasteiger partial charge in [-0.05, 0) is 12.8 Å². The first kappa shape index (κ1) is 15.9. The summed E-state index contributed by atoms with van der Waals surface area (Å²) in [5.41, 5.74) is 0. The number of carboxylic acids is 1. The Kier molecular flexibility index (Phi) is 6.23. The Morgan fingerprint density at radius 3 is 2.63 bits per heavy atom. The van der Waals surface area contributed by atoms with Gasteiger partial charge in [-0.3, -0.25) is 4.79 Å². The van der Waals surface area contributed by atoms with E-state index >= 15 is 0 Å². The fourth-order valence-corrected chi connectivity index (χ4v) is 2.99. The van der Waals surface area contributed by atoms with E-state index in [9.17, 15) is 9.59 Å². The van der Waals surface area contributed by atoms with Crippen LogP contribution in [0.25, 0.3) is 0 Å². The maximum atomic E-state index is 11.7. The minimum Gasteiger partial charge on any atom is -0.480 e. The first-order valence-electron chi connectivity index (χ1n) is 5.89. The number of carbonyl (C=O) groups excluding carboxylic acids is 1. The second-order valence-electron chi connectivity index (χ2n) is 4.14. The van der Waals surface area contributed by atoms with E-state index < -0.39 is 12.0 Å². The van der Waals surface area contributed by atoms with Crippen LogP contribution in [0.2, 0.25) is 0 Å². The molecule has 2 atom stereocenters. The number of nitrogens with one attached hydrogen (secondary N) is 1. The van der Waals surface area contributed by atoms with Gasteiger partial charge in [0.05, 0.1) is 5.75 Å². The molecule has 0 aromatic carbocycles. The molecular formula is C11H17N3O3S2. The lowest BCUT2D eigenvalue weighted by Crippen LogP contribution is -2.45. The van der Waals surface area contributed by atoms with Gasteiger partial charge >= 0.3 is 5.97 Å². The number of aliphatic carboxylic acids is 1. The summed E-state index contributed by atoms with van der Waals surface area (Å²) in [6.07, 6.45) is 0.694. The average molecular weight is 303 g/mol. The van der Waals surface area contributed by atoms with Crippen LogP contribution in [0, 0.1) is 12.8 Å². The van der Waals surface area contributed by atoms with E-state index in [0.717, 1.165) is 5.01 Å². The van der Waals surface area contributed by atoms with Gasteiger partial charge in [-0.25, -0.2) is 4.79 Å². The Balaban J connectivity index is 2.46. The molecule has 1 aromatic heterocycles. The van der Waals surface area contributed by atoms with Crippen molar-refractivity contribution in [3.8, 4) is 0 Å². The molecule has 1 heterocycles. The molecule has 0 fully saturated rings. The molecule has 0 saturated carbocycles. The van der Waals surface area contributed by atoms with Gasteiger partial charge in [0.1, 0.15) is 11.0 Å². The number of aromatic nitrogens is 2. The lowest BCUT2D eigenvalue weighted by atomic mass is 9.99. The van der Waals surface area contributed by atoms with E-state index in [-0.39, 0.29) is 17.6 Å². The molecule has 0 radical (unpaired) electrons. The van der Waals surface area contributed by atoms with Crippen LogP contribution in [-0.4, -0.2) is 39.0 Å². The number of aryl methyl sites for hydroxylation is 1. The number of hydrogen-bond donors (Lipinski definition) is 2. The number of carboxylic acid groups (broad SMARTS) is 1. The van der Waals surface area contributed by atoms with Crippen molar-refractivity contribution in [2.24, 2.45) is 5.92 Å². The summed E-state index contributed by atoms with van der Waals surface area (Å²) in [6, 6.07) is -0.839. The van der Waals surface area contributed by atoms with Gasteiger partial charge in [0.15, 0.2) is 4.34 Å². The maximum Gasteiger partial charge on any atom is 0.326 e. The lowest BCUT2D eigenvalue weighted by molar-refractivity contribution is -0.143. The van der Waals surface area contributed by atoms with E-state index in [1.54, 1.807) is 6.92 Å². The average Bonchev–Trinajstić information content (AvgIpc) is 2.78. The molecule has 106 valence electrons. The second kappa shape index (κ2) is 7.44.